The molecule has 1 atom stereocenters. The van der Waals surface area contributed by atoms with Crippen LogP contribution < -0.4 is 10.6 Å². The molecule has 0 spiro atoms. The monoisotopic (exact) mass is 287 g/mol. The Morgan fingerprint density at radius 1 is 1.24 bits per heavy atom. The maximum Gasteiger partial charge on any atom is 0.315 e. The summed E-state index contributed by atoms with van der Waals surface area (Å²) >= 11 is 0. The predicted molar refractivity (Wildman–Crippen MR) is 79.3 cm³/mol. The average Bonchev–Trinajstić information content (AvgIpc) is 2.50. The van der Waals surface area contributed by atoms with Crippen LogP contribution in [0, 0.1) is 5.82 Å². The number of hydrogen-bond acceptors (Lipinski definition) is 2. The maximum absolute atomic E-state index is 12.8. The highest BCUT2D eigenvalue weighted by atomic mass is 19.1. The number of carbonyl (C=O) groups excluding carboxylic acids is 1. The van der Waals surface area contributed by atoms with E-state index < -0.39 is 0 Å². The van der Waals surface area contributed by atoms with Crippen molar-refractivity contribution in [2.45, 2.75) is 19.4 Å². The van der Waals surface area contributed by atoms with Crippen LogP contribution in [0.4, 0.5) is 9.18 Å². The minimum Gasteiger partial charge on any atom is -0.338 e. The first-order valence-electron chi connectivity index (χ1n) is 6.85. The quantitative estimate of drug-likeness (QED) is 0.888. The molecule has 0 saturated carbocycles. The summed E-state index contributed by atoms with van der Waals surface area (Å²) in [5.41, 5.74) is 1.79. The van der Waals surface area contributed by atoms with Crippen molar-refractivity contribution in [2.24, 2.45) is 0 Å². The van der Waals surface area contributed by atoms with Crippen LogP contribution in [-0.2, 0) is 6.42 Å². The molecular weight excluding hydrogens is 269 g/mol. The van der Waals surface area contributed by atoms with Crippen molar-refractivity contribution in [3.8, 4) is 0 Å². The SMILES string of the molecule is C[C@H](NC(=O)NCCc1ccc(F)cc1)c1ccccn1. The number of benzene rings is 1. The van der Waals surface area contributed by atoms with Gasteiger partial charge in [-0.25, -0.2) is 9.18 Å². The van der Waals surface area contributed by atoms with Crippen molar-refractivity contribution in [2.75, 3.05) is 6.54 Å². The molecule has 0 fully saturated rings. The number of pyridine rings is 1. The second-order valence-electron chi connectivity index (χ2n) is 4.75. The molecule has 2 N–H and O–H groups in total. The van der Waals surface area contributed by atoms with Gasteiger partial charge < -0.3 is 10.6 Å². The van der Waals surface area contributed by atoms with E-state index in [0.29, 0.717) is 13.0 Å². The van der Waals surface area contributed by atoms with Gasteiger partial charge in [0.1, 0.15) is 5.82 Å². The molecule has 2 rings (SSSR count). The number of rotatable bonds is 5. The Labute approximate surface area is 123 Å². The third kappa shape index (κ3) is 4.87. The smallest absolute Gasteiger partial charge is 0.315 e. The molecule has 1 aromatic heterocycles. The zero-order valence-corrected chi connectivity index (χ0v) is 11.8. The largest absolute Gasteiger partial charge is 0.338 e. The van der Waals surface area contributed by atoms with Gasteiger partial charge in [-0.05, 0) is 43.2 Å². The van der Waals surface area contributed by atoms with Crippen molar-refractivity contribution < 1.29 is 9.18 Å². The zero-order chi connectivity index (χ0) is 15.1. The van der Waals surface area contributed by atoms with Gasteiger partial charge in [0.15, 0.2) is 0 Å². The summed E-state index contributed by atoms with van der Waals surface area (Å²) in [6.45, 7) is 2.37. The van der Waals surface area contributed by atoms with Crippen LogP contribution in [0.3, 0.4) is 0 Å². The molecule has 0 aliphatic heterocycles. The second kappa shape index (κ2) is 7.38. The van der Waals surface area contributed by atoms with E-state index in [-0.39, 0.29) is 17.9 Å². The Kier molecular flexibility index (Phi) is 5.26. The highest BCUT2D eigenvalue weighted by molar-refractivity contribution is 5.74. The van der Waals surface area contributed by atoms with Gasteiger partial charge in [0.05, 0.1) is 11.7 Å². The van der Waals surface area contributed by atoms with Gasteiger partial charge in [-0.1, -0.05) is 18.2 Å². The van der Waals surface area contributed by atoms with E-state index in [0.717, 1.165) is 11.3 Å². The van der Waals surface area contributed by atoms with Gasteiger partial charge in [-0.3, -0.25) is 4.98 Å². The Bertz CT molecular complexity index is 572. The third-order valence-electron chi connectivity index (χ3n) is 3.09. The first-order valence-corrected chi connectivity index (χ1v) is 6.85. The average molecular weight is 287 g/mol. The van der Waals surface area contributed by atoms with E-state index in [1.54, 1.807) is 18.3 Å². The van der Waals surface area contributed by atoms with E-state index in [4.69, 9.17) is 0 Å². The minimum atomic E-state index is -0.256. The fourth-order valence-electron chi connectivity index (χ4n) is 1.93. The molecule has 0 radical (unpaired) electrons. The van der Waals surface area contributed by atoms with Crippen LogP contribution in [0.25, 0.3) is 0 Å². The normalized spacial score (nSPS) is 11.7. The number of amides is 2. The summed E-state index contributed by atoms with van der Waals surface area (Å²) in [4.78, 5) is 16.0. The molecule has 4 nitrogen and oxygen atoms in total. The second-order valence-corrected chi connectivity index (χ2v) is 4.75. The maximum atomic E-state index is 12.8. The van der Waals surface area contributed by atoms with Gasteiger partial charge in [0.2, 0.25) is 0 Å². The summed E-state index contributed by atoms with van der Waals surface area (Å²) in [7, 11) is 0. The molecule has 0 aliphatic carbocycles. The van der Waals surface area contributed by atoms with Gasteiger partial charge in [0, 0.05) is 12.7 Å². The first-order chi connectivity index (χ1) is 10.1. The van der Waals surface area contributed by atoms with Crippen molar-refractivity contribution in [1.29, 1.82) is 0 Å². The molecule has 0 bridgehead atoms. The molecule has 5 heteroatoms. The topological polar surface area (TPSA) is 54.0 Å². The number of urea groups is 1. The number of hydrogen-bond donors (Lipinski definition) is 2. The van der Waals surface area contributed by atoms with E-state index in [1.165, 1.54) is 12.1 Å². The van der Waals surface area contributed by atoms with Crippen LogP contribution in [0.2, 0.25) is 0 Å². The number of carbonyl (C=O) groups is 1. The van der Waals surface area contributed by atoms with Gasteiger partial charge in [-0.2, -0.15) is 0 Å². The van der Waals surface area contributed by atoms with Gasteiger partial charge >= 0.3 is 6.03 Å². The fourth-order valence-corrected chi connectivity index (χ4v) is 1.93. The molecule has 0 aliphatic rings. The predicted octanol–water partition coefficient (Wildman–Crippen LogP) is 2.82. The summed E-state index contributed by atoms with van der Waals surface area (Å²) in [6, 6.07) is 11.4. The summed E-state index contributed by atoms with van der Waals surface area (Å²) in [6.07, 6.45) is 2.35. The Balaban J connectivity index is 1.73. The standard InChI is InChI=1S/C16H18FN3O/c1-12(15-4-2-3-10-18-15)20-16(21)19-11-9-13-5-7-14(17)8-6-13/h2-8,10,12H,9,11H2,1H3,(H2,19,20,21)/t12-/m0/s1. The number of nitrogens with zero attached hydrogens (tertiary/aromatic N) is 1. The van der Waals surface area contributed by atoms with Crippen LogP contribution in [-0.4, -0.2) is 17.6 Å². The molecule has 21 heavy (non-hydrogen) atoms. The van der Waals surface area contributed by atoms with Crippen LogP contribution in [0.5, 0.6) is 0 Å². The Morgan fingerprint density at radius 2 is 2.00 bits per heavy atom. The van der Waals surface area contributed by atoms with Crippen LogP contribution >= 0.6 is 0 Å². The lowest BCUT2D eigenvalue weighted by Gasteiger charge is -2.14. The first kappa shape index (κ1) is 15.0. The van der Waals surface area contributed by atoms with Crippen molar-refractivity contribution in [3.05, 3.63) is 65.7 Å². The highest BCUT2D eigenvalue weighted by Crippen LogP contribution is 2.07. The summed E-state index contributed by atoms with van der Waals surface area (Å²) in [5, 5.41) is 5.59. The molecule has 2 aromatic rings. The van der Waals surface area contributed by atoms with Crippen LogP contribution in [0.1, 0.15) is 24.2 Å². The zero-order valence-electron chi connectivity index (χ0n) is 11.8. The lowest BCUT2D eigenvalue weighted by atomic mass is 10.1. The molecular formula is C16H18FN3O. The molecule has 0 unspecified atom stereocenters. The third-order valence-corrected chi connectivity index (χ3v) is 3.09. The molecule has 1 aromatic carbocycles. The molecule has 110 valence electrons. The molecule has 0 saturated heterocycles. The van der Waals surface area contributed by atoms with Gasteiger partial charge in [0.25, 0.3) is 0 Å². The number of halogens is 1. The Hall–Kier alpha value is -2.43. The Morgan fingerprint density at radius 3 is 2.67 bits per heavy atom. The molecule has 2 amide bonds. The lowest BCUT2D eigenvalue weighted by Crippen LogP contribution is -2.38. The van der Waals surface area contributed by atoms with E-state index in [9.17, 15) is 9.18 Å². The van der Waals surface area contributed by atoms with E-state index in [2.05, 4.69) is 15.6 Å². The summed E-state index contributed by atoms with van der Waals surface area (Å²) < 4.78 is 12.8. The van der Waals surface area contributed by atoms with Crippen molar-refractivity contribution in [1.82, 2.24) is 15.6 Å². The summed E-state index contributed by atoms with van der Waals surface area (Å²) in [5.74, 6) is -0.256. The molecule has 1 heterocycles. The van der Waals surface area contributed by atoms with Gasteiger partial charge in [-0.15, -0.1) is 0 Å². The van der Waals surface area contributed by atoms with Crippen molar-refractivity contribution >= 4 is 6.03 Å². The van der Waals surface area contributed by atoms with Crippen molar-refractivity contribution in [3.63, 3.8) is 0 Å². The lowest BCUT2D eigenvalue weighted by molar-refractivity contribution is 0.238. The minimum absolute atomic E-state index is 0.156. The fraction of sp³-hybridized carbons (Fsp3) is 0.250. The van der Waals surface area contributed by atoms with Crippen LogP contribution in [0.15, 0.2) is 48.7 Å². The number of aromatic nitrogens is 1. The highest BCUT2D eigenvalue weighted by Gasteiger charge is 2.09. The van der Waals surface area contributed by atoms with E-state index >= 15 is 0 Å². The van der Waals surface area contributed by atoms with E-state index in [1.807, 2.05) is 25.1 Å². The number of nitrogens with one attached hydrogen (secondary N) is 2.